The number of pyridine rings is 2. The molecule has 0 radical (unpaired) electrons. The molecule has 0 aliphatic carbocycles. The van der Waals surface area contributed by atoms with Gasteiger partial charge in [0.2, 0.25) is 5.91 Å². The number of nitrogens with zero attached hydrogens (tertiary/aromatic N) is 2. The van der Waals surface area contributed by atoms with Crippen molar-refractivity contribution in [2.45, 2.75) is 26.2 Å². The van der Waals surface area contributed by atoms with E-state index in [0.29, 0.717) is 91.1 Å². The Labute approximate surface area is 270 Å². The Morgan fingerprint density at radius 3 is 2.00 bits per heavy atom. The second-order valence-corrected chi connectivity index (χ2v) is 10.2. The van der Waals surface area contributed by atoms with Crippen molar-refractivity contribution in [3.8, 4) is 28.0 Å². The van der Waals surface area contributed by atoms with Crippen molar-refractivity contribution in [2.75, 3.05) is 78.2 Å². The highest BCUT2D eigenvalue weighted by Gasteiger charge is 2.16. The number of hydrogen-bond acceptors (Lipinski definition) is 11. The second kappa shape index (κ2) is 20.8. The van der Waals surface area contributed by atoms with Crippen molar-refractivity contribution in [1.29, 1.82) is 0 Å². The summed E-state index contributed by atoms with van der Waals surface area (Å²) in [6, 6.07) is 10.3. The molecule has 7 N–H and O–H groups in total. The number of phenols is 1. The molecule has 13 nitrogen and oxygen atoms in total. The van der Waals surface area contributed by atoms with Crippen molar-refractivity contribution in [3.63, 3.8) is 0 Å². The standard InChI is InChI=1S/C33H46N6O7/c1-2-27-28(23-39-32(35)31(27)24-4-7-26(40)8-5-24)25-6-9-29(38-22-25)33(42)37-13-3-12-36-30(41)10-14-43-16-18-45-20-21-46-19-17-44-15-11-34/h4-9,22-23,40H,2-3,10-21,34H2,1H3,(H2,35,39)(H,36,41)(H,37,42). The SMILES string of the molecule is CCc1c(-c2ccc(C(=O)NCCCNC(=O)CCOCCOCCOCCOCCN)nc2)cnc(N)c1-c1ccc(O)cc1. The fourth-order valence-electron chi connectivity index (χ4n) is 4.53. The van der Waals surface area contributed by atoms with E-state index in [-0.39, 0.29) is 29.7 Å². The quantitative estimate of drug-likeness (QED) is 0.101. The van der Waals surface area contributed by atoms with Gasteiger partial charge in [-0.3, -0.25) is 14.6 Å². The second-order valence-electron chi connectivity index (χ2n) is 10.2. The third kappa shape index (κ3) is 12.3. The maximum Gasteiger partial charge on any atom is 0.269 e. The maximum atomic E-state index is 12.6. The molecule has 0 atom stereocenters. The van der Waals surface area contributed by atoms with Crippen LogP contribution in [-0.4, -0.2) is 99.4 Å². The number of ether oxygens (including phenoxy) is 4. The maximum absolute atomic E-state index is 12.6. The molecule has 250 valence electrons. The van der Waals surface area contributed by atoms with E-state index in [1.54, 1.807) is 42.7 Å². The van der Waals surface area contributed by atoms with Crippen LogP contribution in [0.5, 0.6) is 5.75 Å². The van der Waals surface area contributed by atoms with Gasteiger partial charge in [0.05, 0.1) is 52.9 Å². The summed E-state index contributed by atoms with van der Waals surface area (Å²) < 4.78 is 21.4. The van der Waals surface area contributed by atoms with Gasteiger partial charge in [0.1, 0.15) is 17.3 Å². The number of rotatable bonds is 22. The summed E-state index contributed by atoms with van der Waals surface area (Å²) in [6.07, 6.45) is 4.88. The van der Waals surface area contributed by atoms with Crippen molar-refractivity contribution < 1.29 is 33.6 Å². The molecule has 46 heavy (non-hydrogen) atoms. The van der Waals surface area contributed by atoms with E-state index in [0.717, 1.165) is 27.8 Å². The average molecular weight is 639 g/mol. The van der Waals surface area contributed by atoms with Gasteiger partial charge in [-0.2, -0.15) is 0 Å². The lowest BCUT2D eigenvalue weighted by atomic mass is 9.92. The minimum atomic E-state index is -0.299. The molecule has 0 unspecified atom stereocenters. The molecule has 1 aromatic carbocycles. The first kappa shape index (κ1) is 36.3. The number of nitrogens with two attached hydrogens (primary N) is 2. The number of anilines is 1. The number of nitrogens with one attached hydrogen (secondary N) is 2. The number of nitrogen functional groups attached to an aromatic ring is 1. The fourth-order valence-corrected chi connectivity index (χ4v) is 4.53. The highest BCUT2D eigenvalue weighted by Crippen LogP contribution is 2.36. The monoisotopic (exact) mass is 638 g/mol. The molecule has 0 saturated carbocycles. The Bertz CT molecular complexity index is 1340. The van der Waals surface area contributed by atoms with Crippen molar-refractivity contribution in [3.05, 3.63) is 60.0 Å². The molecular formula is C33H46N6O7. The zero-order chi connectivity index (χ0) is 33.0. The largest absolute Gasteiger partial charge is 0.508 e. The lowest BCUT2D eigenvalue weighted by Crippen LogP contribution is -2.30. The molecule has 0 aliphatic heterocycles. The van der Waals surface area contributed by atoms with Crippen LogP contribution in [0.2, 0.25) is 0 Å². The summed E-state index contributed by atoms with van der Waals surface area (Å²) >= 11 is 0. The van der Waals surface area contributed by atoms with E-state index in [1.807, 2.05) is 13.0 Å². The van der Waals surface area contributed by atoms with Gasteiger partial charge in [-0.05, 0) is 42.2 Å². The third-order valence-corrected chi connectivity index (χ3v) is 6.85. The van der Waals surface area contributed by atoms with Gasteiger partial charge < -0.3 is 46.2 Å². The summed E-state index contributed by atoms with van der Waals surface area (Å²) in [6.45, 7) is 6.95. The van der Waals surface area contributed by atoms with Crippen LogP contribution in [0.15, 0.2) is 48.8 Å². The first-order valence-corrected chi connectivity index (χ1v) is 15.5. The molecule has 2 aromatic heterocycles. The lowest BCUT2D eigenvalue weighted by molar-refractivity contribution is -0.122. The minimum absolute atomic E-state index is 0.119. The summed E-state index contributed by atoms with van der Waals surface area (Å²) in [5.74, 6) is 0.159. The van der Waals surface area contributed by atoms with E-state index >= 15 is 0 Å². The predicted octanol–water partition coefficient (Wildman–Crippen LogP) is 2.31. The Hall–Kier alpha value is -4.14. The number of benzene rings is 1. The molecule has 0 saturated heterocycles. The third-order valence-electron chi connectivity index (χ3n) is 6.85. The fraction of sp³-hybridized carbons (Fsp3) is 0.455. The Morgan fingerprint density at radius 2 is 1.39 bits per heavy atom. The molecule has 0 fully saturated rings. The van der Waals surface area contributed by atoms with Gasteiger partial charge >= 0.3 is 0 Å². The Morgan fingerprint density at radius 1 is 0.783 bits per heavy atom. The highest BCUT2D eigenvalue weighted by atomic mass is 16.6. The van der Waals surface area contributed by atoms with Gasteiger partial charge in [0.25, 0.3) is 5.91 Å². The number of aromatic hydroxyl groups is 1. The van der Waals surface area contributed by atoms with E-state index in [4.69, 9.17) is 30.4 Å². The lowest BCUT2D eigenvalue weighted by Gasteiger charge is -2.16. The van der Waals surface area contributed by atoms with Crippen molar-refractivity contribution >= 4 is 17.6 Å². The first-order valence-electron chi connectivity index (χ1n) is 15.5. The molecule has 3 aromatic rings. The van der Waals surface area contributed by atoms with E-state index < -0.39 is 0 Å². The first-order chi connectivity index (χ1) is 22.4. The van der Waals surface area contributed by atoms with Gasteiger partial charge in [0.15, 0.2) is 0 Å². The summed E-state index contributed by atoms with van der Waals surface area (Å²) in [4.78, 5) is 33.4. The summed E-state index contributed by atoms with van der Waals surface area (Å²) in [5, 5.41) is 15.3. The van der Waals surface area contributed by atoms with E-state index in [9.17, 15) is 14.7 Å². The van der Waals surface area contributed by atoms with Crippen LogP contribution in [0, 0.1) is 0 Å². The number of amides is 2. The summed E-state index contributed by atoms with van der Waals surface area (Å²) in [5.41, 5.74) is 16.2. The van der Waals surface area contributed by atoms with E-state index in [2.05, 4.69) is 20.6 Å². The predicted molar refractivity (Wildman–Crippen MR) is 175 cm³/mol. The molecular weight excluding hydrogens is 592 g/mol. The average Bonchev–Trinajstić information content (AvgIpc) is 3.07. The number of carbonyl (C=O) groups is 2. The molecule has 0 spiro atoms. The van der Waals surface area contributed by atoms with Crippen molar-refractivity contribution in [2.24, 2.45) is 5.73 Å². The zero-order valence-corrected chi connectivity index (χ0v) is 26.5. The molecule has 2 heterocycles. The number of hydrogen-bond donors (Lipinski definition) is 5. The van der Waals surface area contributed by atoms with Crippen LogP contribution in [0.25, 0.3) is 22.3 Å². The Kier molecular flexibility index (Phi) is 16.4. The van der Waals surface area contributed by atoms with Gasteiger partial charge in [0, 0.05) is 55.1 Å². The molecule has 13 heteroatoms. The topological polar surface area (TPSA) is 193 Å². The van der Waals surface area contributed by atoms with Gasteiger partial charge in [-0.15, -0.1) is 0 Å². The van der Waals surface area contributed by atoms with Gasteiger partial charge in [-0.1, -0.05) is 25.1 Å². The normalized spacial score (nSPS) is 11.0. The number of carbonyl (C=O) groups excluding carboxylic acids is 2. The minimum Gasteiger partial charge on any atom is -0.508 e. The van der Waals surface area contributed by atoms with E-state index in [1.165, 1.54) is 0 Å². The molecule has 0 aliphatic rings. The zero-order valence-electron chi connectivity index (χ0n) is 26.5. The van der Waals surface area contributed by atoms with Gasteiger partial charge in [-0.25, -0.2) is 4.98 Å². The molecule has 0 bridgehead atoms. The number of phenolic OH excluding ortho intramolecular Hbond substituents is 1. The van der Waals surface area contributed by atoms with Crippen LogP contribution < -0.4 is 22.1 Å². The smallest absolute Gasteiger partial charge is 0.269 e. The number of aromatic nitrogens is 2. The Balaban J connectivity index is 1.30. The molecule has 3 rings (SSSR count). The van der Waals surface area contributed by atoms with Crippen LogP contribution >= 0.6 is 0 Å². The van der Waals surface area contributed by atoms with Crippen LogP contribution in [0.1, 0.15) is 35.8 Å². The molecule has 2 amide bonds. The van der Waals surface area contributed by atoms with Crippen molar-refractivity contribution in [1.82, 2.24) is 20.6 Å². The van der Waals surface area contributed by atoms with Crippen LogP contribution in [0.4, 0.5) is 5.82 Å². The van der Waals surface area contributed by atoms with Crippen LogP contribution in [-0.2, 0) is 30.2 Å². The van der Waals surface area contributed by atoms with Crippen LogP contribution in [0.3, 0.4) is 0 Å². The summed E-state index contributed by atoms with van der Waals surface area (Å²) in [7, 11) is 0. The highest BCUT2D eigenvalue weighted by molar-refractivity contribution is 5.92.